The molecule has 0 saturated heterocycles. The van der Waals surface area contributed by atoms with Crippen molar-refractivity contribution < 1.29 is 26.7 Å². The molecule has 1 aromatic heterocycles. The Morgan fingerprint density at radius 2 is 1.52 bits per heavy atom. The lowest BCUT2D eigenvalue weighted by atomic mass is 9.94. The highest BCUT2D eigenvalue weighted by molar-refractivity contribution is 6.24. The van der Waals surface area contributed by atoms with E-state index in [0.29, 0.717) is 11.6 Å². The fourth-order valence-electron chi connectivity index (χ4n) is 3.73. The number of halogens is 5. The summed E-state index contributed by atoms with van der Waals surface area (Å²) in [6.45, 7) is 0. The van der Waals surface area contributed by atoms with Gasteiger partial charge in [-0.15, -0.1) is 0 Å². The first-order valence-corrected chi connectivity index (χ1v) is 9.69. The van der Waals surface area contributed by atoms with Crippen molar-refractivity contribution in [3.63, 3.8) is 0 Å². The maximum absolute atomic E-state index is 14.9. The van der Waals surface area contributed by atoms with Gasteiger partial charge in [0, 0.05) is 28.3 Å². The van der Waals surface area contributed by atoms with Crippen molar-refractivity contribution in [3.05, 3.63) is 101 Å². The molecule has 3 aromatic carbocycles. The lowest BCUT2D eigenvalue weighted by Gasteiger charge is -2.10. The highest BCUT2D eigenvalue weighted by Crippen LogP contribution is 2.39. The normalized spacial score (nSPS) is 13.2. The quantitative estimate of drug-likeness (QED) is 0.340. The first kappa shape index (κ1) is 20.7. The van der Waals surface area contributed by atoms with E-state index in [0.717, 1.165) is 22.9 Å². The molecule has 5 rings (SSSR count). The minimum Gasteiger partial charge on any atom is -0.244 e. The minimum atomic E-state index is -4.53. The van der Waals surface area contributed by atoms with Crippen molar-refractivity contribution in [1.82, 2.24) is 9.78 Å². The smallest absolute Gasteiger partial charge is 0.244 e. The molecule has 0 unspecified atom stereocenters. The number of carbonyl (C=O) groups excluding carboxylic acids is 1. The van der Waals surface area contributed by atoms with E-state index in [1.165, 1.54) is 18.2 Å². The maximum atomic E-state index is 14.9. The first-order valence-electron chi connectivity index (χ1n) is 9.69. The number of fused-ring (bicyclic) bond motifs is 1. The minimum absolute atomic E-state index is 0.0224. The third-order valence-corrected chi connectivity index (χ3v) is 5.23. The van der Waals surface area contributed by atoms with Gasteiger partial charge in [-0.05, 0) is 24.3 Å². The summed E-state index contributed by atoms with van der Waals surface area (Å²) in [6, 6.07) is 15.0. The van der Waals surface area contributed by atoms with Crippen molar-refractivity contribution in [2.24, 2.45) is 4.99 Å². The lowest BCUT2D eigenvalue weighted by Crippen LogP contribution is -2.09. The molecule has 0 aliphatic carbocycles. The molecular weight excluding hydrogens is 441 g/mol. The molecule has 0 spiro atoms. The average Bonchev–Trinajstić information content (AvgIpc) is 3.32. The summed E-state index contributed by atoms with van der Waals surface area (Å²) >= 11 is 0. The molecule has 1 aliphatic rings. The van der Waals surface area contributed by atoms with Crippen molar-refractivity contribution in [2.75, 3.05) is 0 Å². The van der Waals surface area contributed by atoms with Gasteiger partial charge in [0.05, 0.1) is 5.56 Å². The first-order chi connectivity index (χ1) is 15.7. The second-order valence-electron chi connectivity index (χ2n) is 7.29. The zero-order chi connectivity index (χ0) is 23.3. The monoisotopic (exact) mass is 453 g/mol. The molecule has 9 heteroatoms. The number of benzene rings is 3. The van der Waals surface area contributed by atoms with Crippen molar-refractivity contribution in [1.29, 1.82) is 0 Å². The number of rotatable bonds is 3. The Kier molecular flexibility index (Phi) is 4.70. The lowest BCUT2D eigenvalue weighted by molar-refractivity contribution is -0.137. The summed E-state index contributed by atoms with van der Waals surface area (Å²) < 4.78 is 68.4. The topological polar surface area (TPSA) is 47.2 Å². The van der Waals surface area contributed by atoms with Crippen LogP contribution in [-0.2, 0) is 6.18 Å². The Bertz CT molecular complexity index is 1420. The Balaban J connectivity index is 1.75. The summed E-state index contributed by atoms with van der Waals surface area (Å²) in [5.74, 6) is -1.66. The number of alkyl halides is 3. The predicted molar refractivity (Wildman–Crippen MR) is 111 cm³/mol. The van der Waals surface area contributed by atoms with Crippen LogP contribution in [0.1, 0.15) is 16.8 Å². The van der Waals surface area contributed by atoms with Crippen LogP contribution in [0.25, 0.3) is 22.4 Å². The van der Waals surface area contributed by atoms with Crippen LogP contribution >= 0.6 is 0 Å². The number of hydrogen-bond acceptors (Lipinski definition) is 2. The predicted octanol–water partition coefficient (Wildman–Crippen LogP) is 6.33. The summed E-state index contributed by atoms with van der Waals surface area (Å²) in [6.07, 6.45) is -4.53. The Morgan fingerprint density at radius 3 is 2.15 bits per heavy atom. The number of aliphatic imine (C=N–C) groups is 1. The van der Waals surface area contributed by atoms with Crippen LogP contribution < -0.4 is 0 Å². The molecule has 0 saturated carbocycles. The van der Waals surface area contributed by atoms with E-state index in [9.17, 15) is 26.7 Å². The molecule has 2 heterocycles. The van der Waals surface area contributed by atoms with E-state index in [1.54, 1.807) is 30.3 Å². The van der Waals surface area contributed by atoms with Crippen LogP contribution in [0, 0.1) is 11.6 Å². The van der Waals surface area contributed by atoms with Gasteiger partial charge in [0.2, 0.25) is 0 Å². The molecule has 0 radical (unpaired) electrons. The standard InChI is InChI=1S/C24H12F5N3O/c25-16-10-11-17(18(26)12-16)19-20(13-4-2-1-3-5-13)31-32-22(19)21(30-23(32)33)14-6-8-15(9-7-14)24(27,28)29/h1-12H. The summed E-state index contributed by atoms with van der Waals surface area (Å²) in [5.41, 5.74) is 0.500. The third-order valence-electron chi connectivity index (χ3n) is 5.23. The zero-order valence-electron chi connectivity index (χ0n) is 16.6. The van der Waals surface area contributed by atoms with Gasteiger partial charge in [0.1, 0.15) is 28.7 Å². The summed E-state index contributed by atoms with van der Waals surface area (Å²) in [7, 11) is 0. The molecule has 164 valence electrons. The summed E-state index contributed by atoms with van der Waals surface area (Å²) in [5, 5.41) is 4.33. The van der Waals surface area contributed by atoms with Gasteiger partial charge in [-0.2, -0.15) is 27.9 Å². The van der Waals surface area contributed by atoms with E-state index in [4.69, 9.17) is 0 Å². The van der Waals surface area contributed by atoms with Gasteiger partial charge in [0.25, 0.3) is 0 Å². The van der Waals surface area contributed by atoms with Gasteiger partial charge >= 0.3 is 12.2 Å². The molecule has 0 atom stereocenters. The van der Waals surface area contributed by atoms with E-state index in [1.807, 2.05) is 0 Å². The molecule has 0 N–H and O–H groups in total. The number of nitrogens with zero attached hydrogens (tertiary/aromatic N) is 3. The number of amides is 1. The molecule has 1 amide bonds. The molecule has 0 fully saturated rings. The molecule has 0 bridgehead atoms. The number of hydrogen-bond donors (Lipinski definition) is 0. The van der Waals surface area contributed by atoms with Gasteiger partial charge in [-0.25, -0.2) is 13.6 Å². The van der Waals surface area contributed by atoms with Crippen LogP contribution in [0.15, 0.2) is 77.8 Å². The zero-order valence-corrected chi connectivity index (χ0v) is 16.6. The highest BCUT2D eigenvalue weighted by Gasteiger charge is 2.35. The van der Waals surface area contributed by atoms with Crippen molar-refractivity contribution >= 4 is 11.7 Å². The maximum Gasteiger partial charge on any atom is 0.416 e. The molecular formula is C24H12F5N3O. The fourth-order valence-corrected chi connectivity index (χ4v) is 3.73. The second-order valence-corrected chi connectivity index (χ2v) is 7.29. The number of aromatic nitrogens is 2. The van der Waals surface area contributed by atoms with Crippen LogP contribution in [0.2, 0.25) is 0 Å². The van der Waals surface area contributed by atoms with E-state index in [-0.39, 0.29) is 33.8 Å². The number of carbonyl (C=O) groups is 1. The van der Waals surface area contributed by atoms with Crippen molar-refractivity contribution in [2.45, 2.75) is 6.18 Å². The van der Waals surface area contributed by atoms with Gasteiger partial charge in [-0.1, -0.05) is 42.5 Å². The molecule has 4 aromatic rings. The van der Waals surface area contributed by atoms with E-state index < -0.39 is 29.4 Å². The average molecular weight is 453 g/mol. The summed E-state index contributed by atoms with van der Waals surface area (Å²) in [4.78, 5) is 16.6. The SMILES string of the molecule is O=C1N=C(c2ccc(C(F)(F)F)cc2)c2c(-c3ccc(F)cc3F)c(-c3ccccc3)nn21. The Labute approximate surface area is 183 Å². The third kappa shape index (κ3) is 3.51. The second kappa shape index (κ2) is 7.47. The van der Waals surface area contributed by atoms with Crippen LogP contribution in [0.5, 0.6) is 0 Å². The van der Waals surface area contributed by atoms with Crippen LogP contribution in [-0.4, -0.2) is 21.5 Å². The Hall–Kier alpha value is -4.14. The van der Waals surface area contributed by atoms with Crippen molar-refractivity contribution in [3.8, 4) is 22.4 Å². The van der Waals surface area contributed by atoms with Crippen LogP contribution in [0.3, 0.4) is 0 Å². The molecule has 33 heavy (non-hydrogen) atoms. The van der Waals surface area contributed by atoms with E-state index >= 15 is 0 Å². The molecule has 1 aliphatic heterocycles. The van der Waals surface area contributed by atoms with Gasteiger partial charge in [0.15, 0.2) is 0 Å². The van der Waals surface area contributed by atoms with Crippen LogP contribution in [0.4, 0.5) is 26.7 Å². The van der Waals surface area contributed by atoms with E-state index in [2.05, 4.69) is 10.1 Å². The van der Waals surface area contributed by atoms with Gasteiger partial charge < -0.3 is 0 Å². The fraction of sp³-hybridized carbons (Fsp3) is 0.0417. The highest BCUT2D eigenvalue weighted by atomic mass is 19.4. The Morgan fingerprint density at radius 1 is 0.818 bits per heavy atom. The largest absolute Gasteiger partial charge is 0.416 e. The van der Waals surface area contributed by atoms with Gasteiger partial charge in [-0.3, -0.25) is 0 Å². The molecule has 4 nitrogen and oxygen atoms in total.